The third kappa shape index (κ3) is 3.09. The van der Waals surface area contributed by atoms with Gasteiger partial charge in [-0.15, -0.1) is 11.3 Å². The molecule has 130 valence electrons. The van der Waals surface area contributed by atoms with Gasteiger partial charge in [-0.05, 0) is 39.0 Å². The van der Waals surface area contributed by atoms with Gasteiger partial charge in [0.25, 0.3) is 0 Å². The number of hydrogen-bond acceptors (Lipinski definition) is 4. The lowest BCUT2D eigenvalue weighted by Crippen LogP contribution is -2.38. The summed E-state index contributed by atoms with van der Waals surface area (Å²) >= 11 is 1.76. The van der Waals surface area contributed by atoms with Crippen molar-refractivity contribution in [1.29, 1.82) is 0 Å². The Hall–Kier alpha value is -1.40. The first-order valence-electron chi connectivity index (χ1n) is 9.04. The van der Waals surface area contributed by atoms with Crippen molar-refractivity contribution in [2.45, 2.75) is 57.5 Å². The van der Waals surface area contributed by atoms with E-state index in [4.69, 9.17) is 9.72 Å². The molecule has 0 saturated carbocycles. The first-order chi connectivity index (χ1) is 11.7. The summed E-state index contributed by atoms with van der Waals surface area (Å²) in [5.41, 5.74) is 1.23. The Morgan fingerprint density at radius 2 is 2.21 bits per heavy atom. The van der Waals surface area contributed by atoms with E-state index >= 15 is 0 Å². The van der Waals surface area contributed by atoms with Crippen molar-refractivity contribution >= 4 is 22.1 Å². The van der Waals surface area contributed by atoms with Crippen molar-refractivity contribution in [3.05, 3.63) is 23.1 Å². The zero-order valence-electron chi connectivity index (χ0n) is 14.2. The third-order valence-electron chi connectivity index (χ3n) is 5.40. The second-order valence-corrected chi connectivity index (χ2v) is 7.85. The number of fused-ring (bicyclic) bond motifs is 1. The second-order valence-electron chi connectivity index (χ2n) is 6.95. The Morgan fingerprint density at radius 1 is 1.38 bits per heavy atom. The number of imidazole rings is 1. The van der Waals surface area contributed by atoms with Gasteiger partial charge in [0.15, 0.2) is 0 Å². The monoisotopic (exact) mass is 347 g/mol. The van der Waals surface area contributed by atoms with Gasteiger partial charge in [0.2, 0.25) is 5.91 Å². The van der Waals surface area contributed by atoms with Crippen LogP contribution in [-0.2, 0) is 9.53 Å². The molecule has 5 nitrogen and oxygen atoms in total. The highest BCUT2D eigenvalue weighted by molar-refractivity contribution is 7.15. The molecule has 1 amide bonds. The Bertz CT molecular complexity index is 709. The Labute approximate surface area is 146 Å². The van der Waals surface area contributed by atoms with E-state index in [0.717, 1.165) is 57.6 Å². The minimum atomic E-state index is 0.297. The van der Waals surface area contributed by atoms with Gasteiger partial charge < -0.3 is 9.64 Å². The van der Waals surface area contributed by atoms with Crippen LogP contribution in [-0.4, -0.2) is 46.0 Å². The van der Waals surface area contributed by atoms with Crippen LogP contribution >= 0.6 is 11.3 Å². The van der Waals surface area contributed by atoms with E-state index in [1.807, 2.05) is 4.90 Å². The van der Waals surface area contributed by atoms with Crippen molar-refractivity contribution in [3.63, 3.8) is 0 Å². The van der Waals surface area contributed by atoms with Crippen LogP contribution in [0.5, 0.6) is 0 Å². The lowest BCUT2D eigenvalue weighted by molar-refractivity contribution is -0.132. The van der Waals surface area contributed by atoms with Gasteiger partial charge >= 0.3 is 0 Å². The van der Waals surface area contributed by atoms with Gasteiger partial charge in [-0.25, -0.2) is 4.98 Å². The lowest BCUT2D eigenvalue weighted by atomic mass is 9.93. The highest BCUT2D eigenvalue weighted by Crippen LogP contribution is 2.33. The maximum Gasteiger partial charge on any atom is 0.222 e. The molecule has 6 heteroatoms. The number of aromatic nitrogens is 2. The van der Waals surface area contributed by atoms with Gasteiger partial charge in [0, 0.05) is 43.6 Å². The zero-order valence-corrected chi connectivity index (χ0v) is 15.1. The molecule has 1 atom stereocenters. The lowest BCUT2D eigenvalue weighted by Gasteiger charge is -2.31. The molecule has 2 aromatic rings. The van der Waals surface area contributed by atoms with Crippen LogP contribution < -0.4 is 0 Å². The highest BCUT2D eigenvalue weighted by atomic mass is 32.1. The van der Waals surface area contributed by atoms with Crippen LogP contribution in [0, 0.1) is 6.92 Å². The number of hydrogen-bond donors (Lipinski definition) is 0. The predicted molar refractivity (Wildman–Crippen MR) is 94.6 cm³/mol. The van der Waals surface area contributed by atoms with Crippen molar-refractivity contribution in [2.24, 2.45) is 0 Å². The smallest absolute Gasteiger partial charge is 0.222 e. The number of amides is 1. The predicted octanol–water partition coefficient (Wildman–Crippen LogP) is 3.37. The molecule has 0 aromatic carbocycles. The molecule has 2 fully saturated rings. The van der Waals surface area contributed by atoms with Crippen molar-refractivity contribution in [2.75, 3.05) is 19.7 Å². The van der Waals surface area contributed by atoms with Crippen LogP contribution in [0.15, 0.2) is 11.6 Å². The molecule has 24 heavy (non-hydrogen) atoms. The summed E-state index contributed by atoms with van der Waals surface area (Å²) in [5, 5.41) is 2.12. The number of carbonyl (C=O) groups excluding carboxylic acids is 1. The summed E-state index contributed by atoms with van der Waals surface area (Å²) in [7, 11) is 0. The quantitative estimate of drug-likeness (QED) is 0.852. The topological polar surface area (TPSA) is 46.8 Å². The van der Waals surface area contributed by atoms with E-state index < -0.39 is 0 Å². The fourth-order valence-corrected chi connectivity index (χ4v) is 4.93. The SMILES string of the molecule is Cc1nc(C2CCN(C(=O)CCC3CCCO3)CC2)c2sccn12. The summed E-state index contributed by atoms with van der Waals surface area (Å²) in [6.07, 6.45) is 8.23. The standard InChI is InChI=1S/C18H25N3O2S/c1-13-19-17(18-21(13)10-12-24-18)14-6-8-20(9-7-14)16(22)5-4-15-3-2-11-23-15/h10,12,14-15H,2-9,11H2,1H3. The summed E-state index contributed by atoms with van der Waals surface area (Å²) in [5.74, 6) is 1.84. The third-order valence-corrected chi connectivity index (χ3v) is 6.28. The van der Waals surface area contributed by atoms with E-state index in [-0.39, 0.29) is 0 Å². The molecule has 2 aromatic heterocycles. The average Bonchev–Trinajstić information content (AvgIpc) is 3.33. The molecule has 2 aliphatic rings. The molecular formula is C18H25N3O2S. The summed E-state index contributed by atoms with van der Waals surface area (Å²) in [6.45, 7) is 4.65. The summed E-state index contributed by atoms with van der Waals surface area (Å²) in [6, 6.07) is 0. The number of ether oxygens (including phenoxy) is 1. The fraction of sp³-hybridized carbons (Fsp3) is 0.667. The molecule has 2 saturated heterocycles. The first-order valence-corrected chi connectivity index (χ1v) is 9.92. The van der Waals surface area contributed by atoms with Gasteiger partial charge in [0.05, 0.1) is 11.8 Å². The molecular weight excluding hydrogens is 322 g/mol. The van der Waals surface area contributed by atoms with Crippen LogP contribution in [0.2, 0.25) is 0 Å². The van der Waals surface area contributed by atoms with Crippen molar-refractivity contribution < 1.29 is 9.53 Å². The van der Waals surface area contributed by atoms with E-state index in [0.29, 0.717) is 24.3 Å². The minimum absolute atomic E-state index is 0.297. The molecule has 4 heterocycles. The maximum absolute atomic E-state index is 12.4. The number of likely N-dealkylation sites (tertiary alicyclic amines) is 1. The molecule has 0 bridgehead atoms. The van der Waals surface area contributed by atoms with Crippen LogP contribution in [0.1, 0.15) is 56.0 Å². The molecule has 0 spiro atoms. The normalized spacial score (nSPS) is 22.5. The Morgan fingerprint density at radius 3 is 2.96 bits per heavy atom. The van der Waals surface area contributed by atoms with Crippen LogP contribution in [0.4, 0.5) is 0 Å². The van der Waals surface area contributed by atoms with Crippen molar-refractivity contribution in [3.8, 4) is 0 Å². The highest BCUT2D eigenvalue weighted by Gasteiger charge is 2.27. The van der Waals surface area contributed by atoms with Gasteiger partial charge in [-0.3, -0.25) is 9.20 Å². The van der Waals surface area contributed by atoms with Gasteiger partial charge in [-0.1, -0.05) is 0 Å². The second kappa shape index (κ2) is 6.84. The number of nitrogens with zero attached hydrogens (tertiary/aromatic N) is 3. The summed E-state index contributed by atoms with van der Waals surface area (Å²) in [4.78, 5) is 20.5. The van der Waals surface area contributed by atoms with E-state index in [9.17, 15) is 4.79 Å². The molecule has 0 aliphatic carbocycles. The van der Waals surface area contributed by atoms with Crippen molar-refractivity contribution in [1.82, 2.24) is 14.3 Å². The largest absolute Gasteiger partial charge is 0.378 e. The average molecular weight is 347 g/mol. The molecule has 2 aliphatic heterocycles. The fourth-order valence-electron chi connectivity index (χ4n) is 3.98. The molecule has 0 radical (unpaired) electrons. The Balaban J connectivity index is 1.33. The number of rotatable bonds is 4. The molecule has 0 N–H and O–H groups in total. The minimum Gasteiger partial charge on any atom is -0.378 e. The number of carbonyl (C=O) groups is 1. The number of piperidine rings is 1. The molecule has 4 rings (SSSR count). The van der Waals surface area contributed by atoms with Gasteiger partial charge in [0.1, 0.15) is 10.7 Å². The van der Waals surface area contributed by atoms with E-state index in [1.165, 1.54) is 10.5 Å². The van der Waals surface area contributed by atoms with E-state index in [1.54, 1.807) is 11.3 Å². The molecule has 1 unspecified atom stereocenters. The van der Waals surface area contributed by atoms with Crippen LogP contribution in [0.25, 0.3) is 4.83 Å². The Kier molecular flexibility index (Phi) is 4.59. The zero-order chi connectivity index (χ0) is 16.5. The maximum atomic E-state index is 12.4. The first kappa shape index (κ1) is 16.1. The van der Waals surface area contributed by atoms with Gasteiger partial charge in [-0.2, -0.15) is 0 Å². The van der Waals surface area contributed by atoms with E-state index in [2.05, 4.69) is 22.9 Å². The number of aryl methyl sites for hydroxylation is 1. The number of thiazole rings is 1. The summed E-state index contributed by atoms with van der Waals surface area (Å²) < 4.78 is 7.80. The van der Waals surface area contributed by atoms with Crippen LogP contribution in [0.3, 0.4) is 0 Å².